The van der Waals surface area contributed by atoms with Crippen LogP contribution in [0.15, 0.2) is 42.5 Å². The van der Waals surface area contributed by atoms with Gasteiger partial charge in [-0.15, -0.1) is 0 Å². The minimum absolute atomic E-state index is 0.0563. The summed E-state index contributed by atoms with van der Waals surface area (Å²) < 4.78 is 42.6. The Labute approximate surface area is 301 Å². The van der Waals surface area contributed by atoms with Gasteiger partial charge in [0.05, 0.1) is 17.0 Å². The first-order valence-electron chi connectivity index (χ1n) is 18.0. The van der Waals surface area contributed by atoms with Gasteiger partial charge in [-0.3, -0.25) is 14.5 Å². The first-order chi connectivity index (χ1) is 24.0. The summed E-state index contributed by atoms with van der Waals surface area (Å²) in [5.74, 6) is -0.214. The molecule has 2 aromatic rings. The van der Waals surface area contributed by atoms with Gasteiger partial charge in [0.1, 0.15) is 18.0 Å². The number of amides is 1. The highest BCUT2D eigenvalue weighted by Crippen LogP contribution is 2.47. The summed E-state index contributed by atoms with van der Waals surface area (Å²) in [6, 6.07) is 9.43. The summed E-state index contributed by atoms with van der Waals surface area (Å²) >= 11 is 6.44. The van der Waals surface area contributed by atoms with E-state index in [0.717, 1.165) is 73.9 Å². The van der Waals surface area contributed by atoms with Crippen molar-refractivity contribution in [1.29, 1.82) is 0 Å². The van der Waals surface area contributed by atoms with E-state index in [1.807, 2.05) is 43.3 Å². The van der Waals surface area contributed by atoms with Crippen LogP contribution in [0.3, 0.4) is 0 Å². The van der Waals surface area contributed by atoms with E-state index in [9.17, 15) is 18.0 Å². The molecule has 0 aromatic heterocycles. The van der Waals surface area contributed by atoms with Crippen molar-refractivity contribution in [2.45, 2.75) is 75.9 Å². The number of hydrogen-bond acceptors (Lipinski definition) is 9. The number of hydrogen-bond donors (Lipinski definition) is 2. The number of fused-ring (bicyclic) bond motifs is 3. The minimum atomic E-state index is -4.05. The maximum absolute atomic E-state index is 14.0. The number of rotatable bonds is 3. The Kier molecular flexibility index (Phi) is 11.3. The number of likely N-dealkylation sites (N-methyl/N-ethyl adjacent to an activating group) is 1. The lowest BCUT2D eigenvalue weighted by atomic mass is 9.64. The molecule has 6 rings (SSSR count). The zero-order chi connectivity index (χ0) is 35.6. The van der Waals surface area contributed by atoms with E-state index in [1.54, 1.807) is 20.1 Å². The number of aldehydes is 1. The average Bonchev–Trinajstić information content (AvgIpc) is 3.11. The molecule has 2 aromatic carbocycles. The lowest BCUT2D eigenvalue weighted by Crippen LogP contribution is -2.52. The maximum atomic E-state index is 14.0. The van der Waals surface area contributed by atoms with Crippen LogP contribution in [0.4, 0.5) is 5.69 Å². The van der Waals surface area contributed by atoms with Crippen molar-refractivity contribution < 1.29 is 27.5 Å². The van der Waals surface area contributed by atoms with Crippen molar-refractivity contribution in [2.75, 3.05) is 51.8 Å². The third-order valence-corrected chi connectivity index (χ3v) is 13.8. The number of nitrogens with zero attached hydrogens (tertiary/aromatic N) is 2. The molecule has 272 valence electrons. The molecule has 4 aliphatic rings. The Morgan fingerprint density at radius 1 is 1.10 bits per heavy atom. The molecule has 10 nitrogen and oxygen atoms in total. The summed E-state index contributed by atoms with van der Waals surface area (Å²) in [6.07, 6.45) is 9.41. The fourth-order valence-corrected chi connectivity index (χ4v) is 9.51. The van der Waals surface area contributed by atoms with Gasteiger partial charge in [-0.05, 0) is 106 Å². The number of sulfonamides is 1. The first-order valence-corrected chi connectivity index (χ1v) is 19.9. The Morgan fingerprint density at radius 2 is 1.92 bits per heavy atom. The summed E-state index contributed by atoms with van der Waals surface area (Å²) in [6.45, 7) is 7.36. The molecule has 50 heavy (non-hydrogen) atoms. The van der Waals surface area contributed by atoms with Crippen LogP contribution in [0, 0.1) is 17.8 Å². The minimum Gasteiger partial charge on any atom is -0.486 e. The highest BCUT2D eigenvalue weighted by atomic mass is 35.5. The van der Waals surface area contributed by atoms with Crippen molar-refractivity contribution in [2.24, 2.45) is 17.8 Å². The molecule has 12 heteroatoms. The average molecular weight is 727 g/mol. The first kappa shape index (κ1) is 36.8. The van der Waals surface area contributed by atoms with E-state index in [0.29, 0.717) is 43.4 Å². The van der Waals surface area contributed by atoms with Gasteiger partial charge < -0.3 is 19.7 Å². The second kappa shape index (κ2) is 15.3. The third-order valence-electron chi connectivity index (χ3n) is 11.6. The zero-order valence-corrected chi connectivity index (χ0v) is 31.2. The van der Waals surface area contributed by atoms with Crippen molar-refractivity contribution in [3.05, 3.63) is 69.8 Å². The molecule has 1 saturated carbocycles. The number of aryl methyl sites for hydroxylation is 1. The Balaban J connectivity index is 1.54. The molecule has 1 amide bonds. The molecular formula is C38H51ClN4O6S. The van der Waals surface area contributed by atoms with Gasteiger partial charge in [-0.2, -0.15) is 0 Å². The number of halogens is 1. The smallest absolute Gasteiger partial charge is 0.264 e. The second-order valence-corrected chi connectivity index (χ2v) is 17.1. The van der Waals surface area contributed by atoms with Gasteiger partial charge in [-0.1, -0.05) is 30.7 Å². The van der Waals surface area contributed by atoms with Gasteiger partial charge >= 0.3 is 0 Å². The van der Waals surface area contributed by atoms with E-state index in [-0.39, 0.29) is 29.4 Å². The zero-order valence-electron chi connectivity index (χ0n) is 29.6. The Bertz CT molecular complexity index is 1720. The number of nitrogens with one attached hydrogen (secondary N) is 2. The van der Waals surface area contributed by atoms with Crippen LogP contribution in [0.2, 0.25) is 5.02 Å². The third kappa shape index (κ3) is 7.48. The van der Waals surface area contributed by atoms with Crippen LogP contribution in [-0.4, -0.2) is 83.2 Å². The molecule has 1 saturated heterocycles. The normalized spacial score (nSPS) is 31.4. The fourth-order valence-electron chi connectivity index (χ4n) is 8.03. The highest BCUT2D eigenvalue weighted by molar-refractivity contribution is 7.90. The maximum Gasteiger partial charge on any atom is 0.264 e. The predicted molar refractivity (Wildman–Crippen MR) is 196 cm³/mol. The van der Waals surface area contributed by atoms with Gasteiger partial charge in [-0.25, -0.2) is 13.1 Å². The molecule has 6 atom stereocenters. The van der Waals surface area contributed by atoms with Crippen LogP contribution in [0.5, 0.6) is 5.75 Å². The van der Waals surface area contributed by atoms with Crippen LogP contribution >= 0.6 is 11.6 Å². The van der Waals surface area contributed by atoms with Crippen LogP contribution in [-0.2, 0) is 32.6 Å². The second-order valence-electron chi connectivity index (χ2n) is 14.6. The number of benzene rings is 2. The molecule has 1 aliphatic carbocycles. The van der Waals surface area contributed by atoms with Gasteiger partial charge in [0.2, 0.25) is 10.0 Å². The van der Waals surface area contributed by atoms with Gasteiger partial charge in [0.25, 0.3) is 5.91 Å². The Hall–Kier alpha value is -2.96. The monoisotopic (exact) mass is 726 g/mol. The van der Waals surface area contributed by atoms with E-state index < -0.39 is 26.8 Å². The highest BCUT2D eigenvalue weighted by Gasteiger charge is 2.47. The van der Waals surface area contributed by atoms with Crippen LogP contribution < -0.4 is 19.7 Å². The lowest BCUT2D eigenvalue weighted by molar-refractivity contribution is -0.135. The summed E-state index contributed by atoms with van der Waals surface area (Å²) in [4.78, 5) is 31.4. The van der Waals surface area contributed by atoms with Crippen molar-refractivity contribution in [3.8, 4) is 5.75 Å². The van der Waals surface area contributed by atoms with Crippen molar-refractivity contribution in [3.63, 3.8) is 0 Å². The van der Waals surface area contributed by atoms with E-state index in [1.165, 1.54) is 0 Å². The van der Waals surface area contributed by atoms with Gasteiger partial charge in [0.15, 0.2) is 6.29 Å². The largest absolute Gasteiger partial charge is 0.486 e. The fraction of sp³-hybridized carbons (Fsp3) is 0.579. The number of anilines is 1. The Morgan fingerprint density at radius 3 is 2.64 bits per heavy atom. The summed E-state index contributed by atoms with van der Waals surface area (Å²) in [5, 5.41) is 3.33. The van der Waals surface area contributed by atoms with Gasteiger partial charge in [0, 0.05) is 61.9 Å². The van der Waals surface area contributed by atoms with Crippen LogP contribution in [0.25, 0.3) is 0 Å². The number of piperazine rings is 1. The number of ether oxygens (including phenoxy) is 2. The van der Waals surface area contributed by atoms with Crippen LogP contribution in [0.1, 0.15) is 79.0 Å². The molecule has 3 aliphatic heterocycles. The molecule has 1 unspecified atom stereocenters. The van der Waals surface area contributed by atoms with E-state index in [4.69, 9.17) is 21.1 Å². The standard InChI is InChI=1S/C38H51ClN4O6S/c1-25-8-7-14-38(24-44,48-4)33-13-11-28(33)22-43-16-6-5-9-27-18-31(39)12-10-29(27)23-49-36-32(35-21-40-15-17-42(35)3)19-30(20-34(36)43)37(45)41-50(46,47)26(25)2/h7,10,12,14,18-20,24-26,28,33,35,40H,5-6,8-9,11,13,15-17,21-23H2,1-4H3,(H,41,45)/b14-7+/t25-,26+,28-,33+,35?,38-/m0/s1. The topological polar surface area (TPSA) is 117 Å². The predicted octanol–water partition coefficient (Wildman–Crippen LogP) is 5.29. The molecule has 2 N–H and O–H groups in total. The lowest BCUT2D eigenvalue weighted by Gasteiger charge is -2.47. The molecule has 0 spiro atoms. The number of carbonyl (C=O) groups is 2. The number of carbonyl (C=O) groups excluding carboxylic acids is 2. The SMILES string of the molecule is CO[C@]1(C=O)/C=C/C[C@H](C)[C@@H](C)S(=O)(=O)NC(=O)c2cc(C3CNCCN3C)c3c(c2)N(CCCCc2cc(Cl)ccc2CO3)C[C@@H]2CC[C@H]21. The van der Waals surface area contributed by atoms with Crippen molar-refractivity contribution >= 4 is 39.5 Å². The molecular weight excluding hydrogens is 676 g/mol. The van der Waals surface area contributed by atoms with E-state index in [2.05, 4.69) is 26.9 Å². The number of allylic oxidation sites excluding steroid dienone is 1. The molecule has 2 fully saturated rings. The quantitative estimate of drug-likeness (QED) is 0.322. The molecule has 3 heterocycles. The summed E-state index contributed by atoms with van der Waals surface area (Å²) in [7, 11) is -0.407. The molecule has 2 bridgehead atoms. The number of methoxy groups -OCH3 is 1. The summed E-state index contributed by atoms with van der Waals surface area (Å²) in [5.41, 5.74) is 2.95. The molecule has 0 radical (unpaired) electrons. The van der Waals surface area contributed by atoms with Crippen molar-refractivity contribution in [1.82, 2.24) is 14.9 Å². The van der Waals surface area contributed by atoms with E-state index >= 15 is 0 Å².